The average Bonchev–Trinajstić information content (AvgIpc) is 2.94. The summed E-state index contributed by atoms with van der Waals surface area (Å²) in [5, 5.41) is 0. The van der Waals surface area contributed by atoms with Gasteiger partial charge in [0.25, 0.3) is 0 Å². The van der Waals surface area contributed by atoms with Crippen LogP contribution < -0.4 is 5.73 Å². The van der Waals surface area contributed by atoms with E-state index in [1.54, 1.807) is 0 Å². The fraction of sp³-hybridized carbons (Fsp3) is 0.438. The Kier molecular flexibility index (Phi) is 4.74. The Morgan fingerprint density at radius 3 is 2.68 bits per heavy atom. The highest BCUT2D eigenvalue weighted by Gasteiger charge is 2.13. The highest BCUT2D eigenvalue weighted by molar-refractivity contribution is 5.15. The Hall–Kier alpha value is -1.61. The molecule has 1 aromatic carbocycles. The molecule has 1 unspecified atom stereocenters. The van der Waals surface area contributed by atoms with Crippen LogP contribution in [-0.4, -0.2) is 9.55 Å². The normalized spacial score (nSPS) is 14.3. The summed E-state index contributed by atoms with van der Waals surface area (Å²) < 4.78 is 2.22. The Morgan fingerprint density at radius 1 is 1.26 bits per heavy atom. The van der Waals surface area contributed by atoms with Crippen LogP contribution in [0.5, 0.6) is 0 Å². The van der Waals surface area contributed by atoms with E-state index < -0.39 is 0 Å². The van der Waals surface area contributed by atoms with Gasteiger partial charge in [-0.3, -0.25) is 0 Å². The second kappa shape index (κ2) is 6.53. The van der Waals surface area contributed by atoms with E-state index in [-0.39, 0.29) is 6.04 Å². The fourth-order valence-corrected chi connectivity index (χ4v) is 2.34. The predicted octanol–water partition coefficient (Wildman–Crippen LogP) is 3.49. The second-order valence-electron chi connectivity index (χ2n) is 5.11. The number of hydrogen-bond donors (Lipinski definition) is 1. The van der Waals surface area contributed by atoms with Crippen molar-refractivity contribution in [2.75, 3.05) is 0 Å². The lowest BCUT2D eigenvalue weighted by Crippen LogP contribution is -2.17. The summed E-state index contributed by atoms with van der Waals surface area (Å²) in [5.41, 5.74) is 8.65. The van der Waals surface area contributed by atoms with Gasteiger partial charge in [-0.05, 0) is 31.7 Å². The van der Waals surface area contributed by atoms with Gasteiger partial charge in [-0.1, -0.05) is 37.3 Å². The quantitative estimate of drug-likeness (QED) is 0.861. The maximum Gasteiger partial charge on any atom is 0.0951 e. The zero-order valence-electron chi connectivity index (χ0n) is 11.8. The number of hydrogen-bond acceptors (Lipinski definition) is 2. The molecule has 0 saturated carbocycles. The van der Waals surface area contributed by atoms with Crippen LogP contribution in [0, 0.1) is 0 Å². The fourth-order valence-electron chi connectivity index (χ4n) is 2.34. The maximum atomic E-state index is 6.12. The van der Waals surface area contributed by atoms with Crippen molar-refractivity contribution in [1.82, 2.24) is 9.55 Å². The van der Waals surface area contributed by atoms with Crippen molar-refractivity contribution >= 4 is 0 Å². The smallest absolute Gasteiger partial charge is 0.0951 e. The van der Waals surface area contributed by atoms with Gasteiger partial charge in [-0.15, -0.1) is 0 Å². The third kappa shape index (κ3) is 3.44. The topological polar surface area (TPSA) is 43.8 Å². The lowest BCUT2D eigenvalue weighted by atomic mass is 10.1. The van der Waals surface area contributed by atoms with Gasteiger partial charge >= 0.3 is 0 Å². The van der Waals surface area contributed by atoms with Gasteiger partial charge in [0, 0.05) is 18.3 Å². The van der Waals surface area contributed by atoms with Crippen LogP contribution in [0.1, 0.15) is 50.0 Å². The summed E-state index contributed by atoms with van der Waals surface area (Å²) >= 11 is 0. The molecule has 0 amide bonds. The Bertz CT molecular complexity index is 490. The van der Waals surface area contributed by atoms with Crippen molar-refractivity contribution in [2.24, 2.45) is 5.73 Å². The summed E-state index contributed by atoms with van der Waals surface area (Å²) in [6, 6.07) is 11.1. The monoisotopic (exact) mass is 257 g/mol. The second-order valence-corrected chi connectivity index (χ2v) is 5.11. The van der Waals surface area contributed by atoms with Crippen molar-refractivity contribution < 1.29 is 0 Å². The van der Waals surface area contributed by atoms with E-state index in [0.717, 1.165) is 25.0 Å². The lowest BCUT2D eigenvalue weighted by molar-refractivity contribution is 0.472. The van der Waals surface area contributed by atoms with E-state index in [1.165, 1.54) is 5.56 Å². The first-order valence-corrected chi connectivity index (χ1v) is 7.03. The van der Waals surface area contributed by atoms with Gasteiger partial charge < -0.3 is 10.3 Å². The molecule has 19 heavy (non-hydrogen) atoms. The molecule has 3 heteroatoms. The molecular weight excluding hydrogens is 234 g/mol. The summed E-state index contributed by atoms with van der Waals surface area (Å²) in [6.07, 6.45) is 6.93. The van der Waals surface area contributed by atoms with Crippen LogP contribution in [-0.2, 0) is 6.42 Å². The summed E-state index contributed by atoms with van der Waals surface area (Å²) in [6.45, 7) is 4.34. The molecule has 2 aromatic rings. The number of imidazole rings is 1. The van der Waals surface area contributed by atoms with Crippen molar-refractivity contribution in [3.8, 4) is 0 Å². The molecule has 2 atom stereocenters. The molecule has 1 aromatic heterocycles. The zero-order valence-corrected chi connectivity index (χ0v) is 11.8. The van der Waals surface area contributed by atoms with Gasteiger partial charge in [0.05, 0.1) is 12.0 Å². The van der Waals surface area contributed by atoms with E-state index in [4.69, 9.17) is 5.73 Å². The molecule has 0 aliphatic rings. The highest BCUT2D eigenvalue weighted by Crippen LogP contribution is 2.21. The third-order valence-corrected chi connectivity index (χ3v) is 3.68. The largest absolute Gasteiger partial charge is 0.330 e. The molecule has 1 heterocycles. The first kappa shape index (κ1) is 13.8. The highest BCUT2D eigenvalue weighted by atomic mass is 15.1. The van der Waals surface area contributed by atoms with Gasteiger partial charge in [-0.2, -0.15) is 0 Å². The Morgan fingerprint density at radius 2 is 2.00 bits per heavy atom. The van der Waals surface area contributed by atoms with Crippen molar-refractivity contribution in [2.45, 2.75) is 45.2 Å². The molecule has 2 N–H and O–H groups in total. The third-order valence-electron chi connectivity index (χ3n) is 3.68. The van der Waals surface area contributed by atoms with Gasteiger partial charge in [0.1, 0.15) is 0 Å². The number of nitrogens with zero attached hydrogens (tertiary/aromatic N) is 2. The minimum absolute atomic E-state index is 0.0849. The van der Waals surface area contributed by atoms with Crippen LogP contribution in [0.3, 0.4) is 0 Å². The molecule has 102 valence electrons. The molecule has 2 rings (SSSR count). The molecule has 0 aliphatic heterocycles. The van der Waals surface area contributed by atoms with Gasteiger partial charge in [0.2, 0.25) is 0 Å². The van der Waals surface area contributed by atoms with Crippen molar-refractivity contribution in [3.63, 3.8) is 0 Å². The van der Waals surface area contributed by atoms with Crippen molar-refractivity contribution in [1.29, 1.82) is 0 Å². The Labute approximate surface area is 115 Å². The summed E-state index contributed by atoms with van der Waals surface area (Å²) in [7, 11) is 0. The van der Waals surface area contributed by atoms with Crippen LogP contribution in [0.4, 0.5) is 0 Å². The van der Waals surface area contributed by atoms with Crippen LogP contribution in [0.15, 0.2) is 42.9 Å². The molecule has 0 aliphatic carbocycles. The molecular formula is C16H23N3. The number of aryl methyl sites for hydroxylation is 1. The standard InChI is InChI=1S/C16H23N3/c1-3-15(17)16-11-18-12-19(16)13(2)9-10-14-7-5-4-6-8-14/h4-8,11-13,15H,3,9-10,17H2,1-2H3/t13?,15-/m1/s1. The minimum atomic E-state index is 0.0849. The maximum absolute atomic E-state index is 6.12. The number of benzene rings is 1. The molecule has 0 radical (unpaired) electrons. The molecule has 0 spiro atoms. The Balaban J connectivity index is 2.00. The van der Waals surface area contributed by atoms with Crippen molar-refractivity contribution in [3.05, 3.63) is 54.1 Å². The van der Waals surface area contributed by atoms with Gasteiger partial charge in [-0.25, -0.2) is 4.98 Å². The van der Waals surface area contributed by atoms with E-state index in [0.29, 0.717) is 6.04 Å². The first-order valence-electron chi connectivity index (χ1n) is 7.03. The van der Waals surface area contributed by atoms with E-state index >= 15 is 0 Å². The van der Waals surface area contributed by atoms with Crippen LogP contribution in [0.25, 0.3) is 0 Å². The minimum Gasteiger partial charge on any atom is -0.330 e. The predicted molar refractivity (Wildman–Crippen MR) is 78.9 cm³/mol. The van der Waals surface area contributed by atoms with E-state index in [1.807, 2.05) is 12.5 Å². The average molecular weight is 257 g/mol. The number of rotatable bonds is 6. The SMILES string of the molecule is CC[C@@H](N)c1cncn1C(C)CCc1ccccc1. The summed E-state index contributed by atoms with van der Waals surface area (Å²) in [4.78, 5) is 4.25. The van der Waals surface area contributed by atoms with Crippen LogP contribution >= 0.6 is 0 Å². The lowest BCUT2D eigenvalue weighted by Gasteiger charge is -2.19. The summed E-state index contributed by atoms with van der Waals surface area (Å²) in [5.74, 6) is 0. The van der Waals surface area contributed by atoms with Gasteiger partial charge in [0.15, 0.2) is 0 Å². The molecule has 0 fully saturated rings. The van der Waals surface area contributed by atoms with E-state index in [9.17, 15) is 0 Å². The molecule has 3 nitrogen and oxygen atoms in total. The molecule has 0 bridgehead atoms. The van der Waals surface area contributed by atoms with E-state index in [2.05, 4.69) is 53.7 Å². The zero-order chi connectivity index (χ0) is 13.7. The first-order chi connectivity index (χ1) is 9.22. The molecule has 0 saturated heterocycles. The van der Waals surface area contributed by atoms with Crippen LogP contribution in [0.2, 0.25) is 0 Å². The number of nitrogens with two attached hydrogens (primary N) is 1. The number of aromatic nitrogens is 2.